The highest BCUT2D eigenvalue weighted by Crippen LogP contribution is 2.19. The molecule has 25 heavy (non-hydrogen) atoms. The molecule has 2 aromatic carbocycles. The van der Waals surface area contributed by atoms with E-state index in [1.165, 1.54) is 23.9 Å². The Morgan fingerprint density at radius 1 is 1.20 bits per heavy atom. The first-order valence-electron chi connectivity index (χ1n) is 7.77. The van der Waals surface area contributed by atoms with Gasteiger partial charge in [0.25, 0.3) is 0 Å². The van der Waals surface area contributed by atoms with Crippen LogP contribution in [0.25, 0.3) is 11.4 Å². The van der Waals surface area contributed by atoms with Crippen molar-refractivity contribution in [3.63, 3.8) is 0 Å². The summed E-state index contributed by atoms with van der Waals surface area (Å²) in [6, 6.07) is 15.5. The zero-order valence-electron chi connectivity index (χ0n) is 13.6. The molecule has 0 radical (unpaired) electrons. The molecule has 0 spiro atoms. The second-order valence-electron chi connectivity index (χ2n) is 5.46. The molecule has 1 heterocycles. The van der Waals surface area contributed by atoms with Crippen LogP contribution in [0.1, 0.15) is 18.5 Å². The van der Waals surface area contributed by atoms with E-state index >= 15 is 0 Å². The van der Waals surface area contributed by atoms with Crippen molar-refractivity contribution >= 4 is 17.7 Å². The van der Waals surface area contributed by atoms with Crippen LogP contribution in [0.15, 0.2) is 59.8 Å². The maximum atomic E-state index is 12.9. The zero-order valence-corrected chi connectivity index (χ0v) is 14.4. The van der Waals surface area contributed by atoms with Crippen molar-refractivity contribution in [2.75, 3.05) is 5.75 Å². The number of nitrogens with one attached hydrogen (secondary N) is 2. The van der Waals surface area contributed by atoms with Crippen LogP contribution in [0.2, 0.25) is 0 Å². The highest BCUT2D eigenvalue weighted by atomic mass is 32.2. The molecule has 0 saturated heterocycles. The number of benzene rings is 2. The van der Waals surface area contributed by atoms with Gasteiger partial charge < -0.3 is 5.32 Å². The predicted molar refractivity (Wildman–Crippen MR) is 95.5 cm³/mol. The van der Waals surface area contributed by atoms with Crippen LogP contribution >= 0.6 is 11.8 Å². The molecule has 0 fully saturated rings. The first-order chi connectivity index (χ1) is 12.1. The number of thioether (sulfide) groups is 1. The van der Waals surface area contributed by atoms with E-state index in [2.05, 4.69) is 20.5 Å². The van der Waals surface area contributed by atoms with Crippen molar-refractivity contribution in [2.24, 2.45) is 0 Å². The minimum atomic E-state index is -0.295. The maximum Gasteiger partial charge on any atom is 0.230 e. The maximum absolute atomic E-state index is 12.9. The third kappa shape index (κ3) is 4.67. The summed E-state index contributed by atoms with van der Waals surface area (Å²) in [6.07, 6.45) is 0. The van der Waals surface area contributed by atoms with Gasteiger partial charge in [0.1, 0.15) is 5.82 Å². The normalized spacial score (nSPS) is 11.9. The van der Waals surface area contributed by atoms with E-state index in [1.54, 1.807) is 12.1 Å². The fraction of sp³-hybridized carbons (Fsp3) is 0.167. The molecule has 0 bridgehead atoms. The number of carbonyl (C=O) groups excluding carboxylic acids is 1. The Labute approximate surface area is 149 Å². The Hall–Kier alpha value is -2.67. The van der Waals surface area contributed by atoms with Crippen molar-refractivity contribution in [2.45, 2.75) is 18.1 Å². The molecular weight excluding hydrogens is 339 g/mol. The van der Waals surface area contributed by atoms with E-state index in [0.29, 0.717) is 11.0 Å². The zero-order chi connectivity index (χ0) is 17.6. The van der Waals surface area contributed by atoms with E-state index in [1.807, 2.05) is 37.3 Å². The third-order valence-electron chi connectivity index (χ3n) is 3.59. The summed E-state index contributed by atoms with van der Waals surface area (Å²) < 4.78 is 12.9. The van der Waals surface area contributed by atoms with E-state index < -0.39 is 0 Å². The SMILES string of the molecule is C[C@H](NC(=O)CSc1n[nH]c(-c2ccccc2)n1)c1ccc(F)cc1. The molecule has 0 unspecified atom stereocenters. The standard InChI is InChI=1S/C18H17FN4OS/c1-12(13-7-9-15(19)10-8-13)20-16(24)11-25-18-21-17(22-23-18)14-5-3-2-4-6-14/h2-10,12H,11H2,1H3,(H,20,24)(H,21,22,23)/t12-/m0/s1. The van der Waals surface area contributed by atoms with Gasteiger partial charge in [-0.2, -0.15) is 0 Å². The summed E-state index contributed by atoms with van der Waals surface area (Å²) in [4.78, 5) is 16.4. The van der Waals surface area contributed by atoms with Gasteiger partial charge in [-0.05, 0) is 24.6 Å². The molecule has 1 aromatic heterocycles. The Morgan fingerprint density at radius 2 is 1.92 bits per heavy atom. The second kappa shape index (κ2) is 7.94. The lowest BCUT2D eigenvalue weighted by atomic mass is 10.1. The average molecular weight is 356 g/mol. The van der Waals surface area contributed by atoms with Gasteiger partial charge in [-0.1, -0.05) is 54.2 Å². The molecule has 0 aliphatic heterocycles. The number of carbonyl (C=O) groups is 1. The molecule has 0 saturated carbocycles. The number of rotatable bonds is 6. The molecule has 3 rings (SSSR count). The summed E-state index contributed by atoms with van der Waals surface area (Å²) in [5.41, 5.74) is 1.79. The monoisotopic (exact) mass is 356 g/mol. The Kier molecular flexibility index (Phi) is 5.45. The third-order valence-corrected chi connectivity index (χ3v) is 4.44. The number of halogens is 1. The van der Waals surface area contributed by atoms with Gasteiger partial charge in [0, 0.05) is 5.56 Å². The number of nitrogens with zero attached hydrogens (tertiary/aromatic N) is 2. The fourth-order valence-corrected chi connectivity index (χ4v) is 2.89. The Bertz CT molecular complexity index is 836. The summed E-state index contributed by atoms with van der Waals surface area (Å²) in [7, 11) is 0. The molecule has 2 N–H and O–H groups in total. The molecule has 1 atom stereocenters. The molecule has 0 aliphatic carbocycles. The lowest BCUT2D eigenvalue weighted by Gasteiger charge is -2.13. The average Bonchev–Trinajstić information content (AvgIpc) is 3.10. The topological polar surface area (TPSA) is 70.7 Å². The van der Waals surface area contributed by atoms with Crippen molar-refractivity contribution in [3.8, 4) is 11.4 Å². The van der Waals surface area contributed by atoms with Crippen LogP contribution in [-0.4, -0.2) is 26.8 Å². The van der Waals surface area contributed by atoms with E-state index in [4.69, 9.17) is 0 Å². The predicted octanol–water partition coefficient (Wildman–Crippen LogP) is 3.58. The van der Waals surface area contributed by atoms with E-state index in [0.717, 1.165) is 11.1 Å². The van der Waals surface area contributed by atoms with Crippen molar-refractivity contribution < 1.29 is 9.18 Å². The fourth-order valence-electron chi connectivity index (χ4n) is 2.28. The summed E-state index contributed by atoms with van der Waals surface area (Å²) >= 11 is 1.26. The van der Waals surface area contributed by atoms with Gasteiger partial charge in [0.05, 0.1) is 11.8 Å². The summed E-state index contributed by atoms with van der Waals surface area (Å²) in [5.74, 6) is 0.449. The molecule has 3 aromatic rings. The lowest BCUT2D eigenvalue weighted by molar-refractivity contribution is -0.119. The van der Waals surface area contributed by atoms with Crippen LogP contribution in [0.5, 0.6) is 0 Å². The number of hydrogen-bond donors (Lipinski definition) is 2. The molecule has 5 nitrogen and oxygen atoms in total. The molecule has 7 heteroatoms. The molecule has 0 aliphatic rings. The number of H-pyrrole nitrogens is 1. The van der Waals surface area contributed by atoms with E-state index in [-0.39, 0.29) is 23.5 Å². The largest absolute Gasteiger partial charge is 0.349 e. The summed E-state index contributed by atoms with van der Waals surface area (Å²) in [6.45, 7) is 1.86. The first kappa shape index (κ1) is 17.2. The number of hydrogen-bond acceptors (Lipinski definition) is 4. The molecule has 1 amide bonds. The molecular formula is C18H17FN4OS. The van der Waals surface area contributed by atoms with Crippen molar-refractivity contribution in [3.05, 3.63) is 66.0 Å². The van der Waals surface area contributed by atoms with Gasteiger partial charge in [-0.15, -0.1) is 5.10 Å². The Morgan fingerprint density at radius 3 is 2.64 bits per heavy atom. The van der Waals surface area contributed by atoms with Gasteiger partial charge in [0.2, 0.25) is 11.1 Å². The smallest absolute Gasteiger partial charge is 0.230 e. The van der Waals surface area contributed by atoms with Crippen LogP contribution < -0.4 is 5.32 Å². The summed E-state index contributed by atoms with van der Waals surface area (Å²) in [5, 5.41) is 10.4. The highest BCUT2D eigenvalue weighted by Gasteiger charge is 2.12. The van der Waals surface area contributed by atoms with Crippen LogP contribution in [0.4, 0.5) is 4.39 Å². The minimum absolute atomic E-state index is 0.132. The van der Waals surface area contributed by atoms with Gasteiger partial charge in [0.15, 0.2) is 5.82 Å². The van der Waals surface area contributed by atoms with Crippen molar-refractivity contribution in [1.29, 1.82) is 0 Å². The minimum Gasteiger partial charge on any atom is -0.349 e. The Balaban J connectivity index is 1.52. The number of aromatic amines is 1. The first-order valence-corrected chi connectivity index (χ1v) is 8.76. The van der Waals surface area contributed by atoms with E-state index in [9.17, 15) is 9.18 Å². The van der Waals surface area contributed by atoms with Crippen LogP contribution in [-0.2, 0) is 4.79 Å². The van der Waals surface area contributed by atoms with Gasteiger partial charge in [-0.25, -0.2) is 9.37 Å². The van der Waals surface area contributed by atoms with Crippen LogP contribution in [0.3, 0.4) is 0 Å². The number of amides is 1. The van der Waals surface area contributed by atoms with Crippen LogP contribution in [0, 0.1) is 5.82 Å². The lowest BCUT2D eigenvalue weighted by Crippen LogP contribution is -2.28. The van der Waals surface area contributed by atoms with Crippen molar-refractivity contribution in [1.82, 2.24) is 20.5 Å². The number of aromatic nitrogens is 3. The second-order valence-corrected chi connectivity index (χ2v) is 6.40. The van der Waals surface area contributed by atoms with Gasteiger partial charge in [-0.3, -0.25) is 9.89 Å². The molecule has 128 valence electrons. The highest BCUT2D eigenvalue weighted by molar-refractivity contribution is 7.99. The quantitative estimate of drug-likeness (QED) is 0.662. The van der Waals surface area contributed by atoms with Gasteiger partial charge >= 0.3 is 0 Å².